The van der Waals surface area contributed by atoms with Crippen LogP contribution in [0.2, 0.25) is 54.4 Å². The van der Waals surface area contributed by atoms with E-state index in [0.29, 0.717) is 53.0 Å². The van der Waals surface area contributed by atoms with Crippen molar-refractivity contribution in [3.05, 3.63) is 94.3 Å². The number of fused-ring (bicyclic) bond motifs is 2. The highest BCUT2D eigenvalue weighted by Crippen LogP contribution is 2.59. The predicted octanol–water partition coefficient (Wildman–Crippen LogP) is 12.9. The summed E-state index contributed by atoms with van der Waals surface area (Å²) in [4.78, 5) is 74.7. The molecule has 0 aromatic heterocycles. The van der Waals surface area contributed by atoms with E-state index in [-0.39, 0.29) is 43.0 Å². The van der Waals surface area contributed by atoms with Crippen molar-refractivity contribution in [2.45, 2.75) is 232 Å². The van der Waals surface area contributed by atoms with Gasteiger partial charge >= 0.3 is 24.0 Å². The van der Waals surface area contributed by atoms with Crippen LogP contribution in [-0.2, 0) is 51.3 Å². The number of hydrogen-bond donors (Lipinski definition) is 2. The van der Waals surface area contributed by atoms with E-state index in [1.54, 1.807) is 103 Å². The Kier molecular flexibility index (Phi) is 22.0. The number of aliphatic hydroxyl groups is 1. The number of allylic oxidation sites excluding steroid dienone is 1. The molecule has 1 amide bonds. The first-order valence-corrected chi connectivity index (χ1v) is 36.8. The molecular formula is C61H95NO14Si3. The summed E-state index contributed by atoms with van der Waals surface area (Å²) in [6, 6.07) is 23.0. The van der Waals surface area contributed by atoms with Gasteiger partial charge in [0.25, 0.3) is 8.32 Å². The van der Waals surface area contributed by atoms with Crippen LogP contribution in [0.4, 0.5) is 4.79 Å². The number of benzene rings is 2. The van der Waals surface area contributed by atoms with Gasteiger partial charge < -0.3 is 47.4 Å². The number of esters is 3. The third kappa shape index (κ3) is 13.7. The Hall–Kier alpha value is -4.44. The Morgan fingerprint density at radius 1 is 0.759 bits per heavy atom. The molecule has 2 aliphatic carbocycles. The highest BCUT2D eigenvalue weighted by Gasteiger charge is 2.70. The lowest BCUT2D eigenvalue weighted by Gasteiger charge is -2.60. The summed E-state index contributed by atoms with van der Waals surface area (Å²) in [5.74, 6) is -4.06. The molecule has 0 saturated carbocycles. The number of hydrogen-bond acceptors (Lipinski definition) is 14. The van der Waals surface area contributed by atoms with Crippen molar-refractivity contribution >= 4 is 54.7 Å². The fraction of sp³-hybridized carbons (Fsp3) is 0.656. The van der Waals surface area contributed by atoms with Crippen LogP contribution in [0.5, 0.6) is 0 Å². The van der Waals surface area contributed by atoms with Gasteiger partial charge in [-0.2, -0.15) is 0 Å². The molecule has 5 rings (SSSR count). The lowest BCUT2D eigenvalue weighted by atomic mass is 9.53. The minimum Gasteiger partial charge on any atom is -0.541 e. The van der Waals surface area contributed by atoms with Gasteiger partial charge in [0, 0.05) is 30.9 Å². The predicted molar refractivity (Wildman–Crippen MR) is 314 cm³/mol. The third-order valence-electron chi connectivity index (χ3n) is 18.2. The van der Waals surface area contributed by atoms with Gasteiger partial charge in [0.05, 0.1) is 24.1 Å². The summed E-state index contributed by atoms with van der Waals surface area (Å²) in [5, 5.41) is 17.3. The molecule has 0 spiro atoms. The van der Waals surface area contributed by atoms with Crippen molar-refractivity contribution in [3.8, 4) is 0 Å². The van der Waals surface area contributed by atoms with Gasteiger partial charge in [-0.15, -0.1) is 0 Å². The van der Waals surface area contributed by atoms with E-state index in [9.17, 15) is 19.5 Å². The average molecular weight is 1150 g/mol. The third-order valence-corrected chi connectivity index (χ3v) is 32.0. The number of ether oxygens (including phenoxy) is 5. The summed E-state index contributed by atoms with van der Waals surface area (Å²) in [6.07, 6.45) is -6.14. The van der Waals surface area contributed by atoms with Gasteiger partial charge in [-0.05, 0) is 124 Å². The van der Waals surface area contributed by atoms with Crippen LogP contribution in [0.1, 0.15) is 153 Å². The molecule has 2 aromatic carbocycles. The summed E-state index contributed by atoms with van der Waals surface area (Å²) >= 11 is 0. The van der Waals surface area contributed by atoms with Crippen molar-refractivity contribution < 1.29 is 66.0 Å². The van der Waals surface area contributed by atoms with E-state index in [4.69, 9.17) is 37.0 Å². The highest BCUT2D eigenvalue weighted by molar-refractivity contribution is 6.74. The number of nitrogens with one attached hydrogen (secondary N) is 1. The zero-order valence-corrected chi connectivity index (χ0v) is 53.7. The largest absolute Gasteiger partial charge is 0.541 e. The second-order valence-electron chi connectivity index (χ2n) is 23.6. The molecule has 18 heteroatoms. The molecule has 3 aliphatic rings. The van der Waals surface area contributed by atoms with Crippen LogP contribution >= 0.6 is 0 Å². The number of amides is 1. The molecule has 1 fully saturated rings. The van der Waals surface area contributed by atoms with E-state index in [2.05, 4.69) is 46.9 Å². The van der Waals surface area contributed by atoms with Crippen LogP contribution < -0.4 is 5.32 Å². The molecular weight excluding hydrogens is 1050 g/mol. The summed E-state index contributed by atoms with van der Waals surface area (Å²) in [5.41, 5.74) is -4.81. The summed E-state index contributed by atoms with van der Waals surface area (Å²) in [7, 11) is -7.64. The summed E-state index contributed by atoms with van der Waals surface area (Å²) in [6.45, 7) is 32.3. The topological polar surface area (TPSA) is 191 Å². The number of rotatable bonds is 26. The molecule has 79 heavy (non-hydrogen) atoms. The lowest BCUT2D eigenvalue weighted by molar-refractivity contribution is -0.295. The maximum Gasteiger partial charge on any atom is 0.408 e. The van der Waals surface area contributed by atoms with Crippen LogP contribution in [0.15, 0.2) is 83.1 Å². The van der Waals surface area contributed by atoms with Crippen molar-refractivity contribution in [2.24, 2.45) is 11.3 Å². The fourth-order valence-electron chi connectivity index (χ4n) is 12.4. The Balaban J connectivity index is 1.85. The molecule has 440 valence electrons. The zero-order chi connectivity index (χ0) is 58.9. The zero-order valence-electron chi connectivity index (χ0n) is 50.7. The normalized spacial score (nSPS) is 25.2. The molecule has 2 bridgehead atoms. The van der Waals surface area contributed by atoms with Crippen LogP contribution in [-0.4, -0.2) is 114 Å². The van der Waals surface area contributed by atoms with Crippen molar-refractivity contribution in [3.63, 3.8) is 0 Å². The molecule has 8 atom stereocenters. The van der Waals surface area contributed by atoms with Crippen molar-refractivity contribution in [2.75, 3.05) is 13.2 Å². The van der Waals surface area contributed by atoms with Gasteiger partial charge in [-0.25, -0.2) is 14.4 Å². The second kappa shape index (κ2) is 26.6. The number of carbonyl (C=O) groups is 5. The van der Waals surface area contributed by atoms with E-state index in [1.807, 2.05) is 26.8 Å². The minimum atomic E-state index is -2.78. The fourth-order valence-corrected chi connectivity index (χ4v) is 20.5. The quantitative estimate of drug-likeness (QED) is 0.0514. The number of alkyl carbamates (subject to hydrolysis) is 1. The van der Waals surface area contributed by atoms with E-state index < -0.39 is 113 Å². The molecule has 0 unspecified atom stereocenters. The summed E-state index contributed by atoms with van der Waals surface area (Å²) < 4.78 is 53.8. The molecule has 1 heterocycles. The number of Topliss-reactive ketones (excluding diaryl/α,β-unsaturated/α-hetero) is 1. The first-order chi connectivity index (χ1) is 37.2. The SMILES string of the molecule is CC[Si](CC)(CC)OCC[C@H]1OC[C@@]1(OC(C)=O)[C@@H]1/C(C)=C(/O[Si](CC)(CC)CC)C(=O)C2=C(C)[C@@H](OC(=O)[C@H](O[Si](CC)(CC)CC)[C@@H](NC(=O)OC(C)(C)C)c3ccccc3)C[C@@](O)([C@H]1OC(=O)c1ccccc1)C2(C)C. The minimum absolute atomic E-state index is 0.0127. The molecule has 0 radical (unpaired) electrons. The number of ketones is 1. The standard InChI is InChI=1S/C61H95NO14Si3/c1-18-77(19-2,20-3)70-38-37-47-60(40-69-47,73-43(12)63)49-42(11)52(75-78(21-4,22-5)23-6)51(64)48-41(10)46(39-61(68,59(48,16)17)54(49)72-55(65)45-35-31-28-32-36-45)71-56(66)53(76-79(24-7,25-8)26-9)50(44-33-29-27-30-34-44)62-57(67)74-58(13,14)15/h27-36,46-47,49-50,53-54,68H,18-26,37-40H2,1-17H3,(H,62,67)/b52-42+/t46-,47+,49+,50-,53+,54-,60-,61+/m0/s1. The van der Waals surface area contributed by atoms with Gasteiger partial charge in [-0.1, -0.05) is 125 Å². The van der Waals surface area contributed by atoms with Crippen molar-refractivity contribution in [1.29, 1.82) is 0 Å². The van der Waals surface area contributed by atoms with E-state index in [0.717, 1.165) is 18.1 Å². The second-order valence-corrected chi connectivity index (χ2v) is 37.8. The smallest absolute Gasteiger partial charge is 0.408 e. The Labute approximate surface area is 475 Å². The Morgan fingerprint density at radius 2 is 1.29 bits per heavy atom. The van der Waals surface area contributed by atoms with Gasteiger partial charge in [0.15, 0.2) is 34.1 Å². The van der Waals surface area contributed by atoms with Crippen LogP contribution in [0.3, 0.4) is 0 Å². The molecule has 1 saturated heterocycles. The molecule has 2 aromatic rings. The Bertz CT molecular complexity index is 2470. The van der Waals surface area contributed by atoms with Crippen LogP contribution in [0, 0.1) is 11.3 Å². The van der Waals surface area contributed by atoms with Gasteiger partial charge in [0.2, 0.25) is 5.78 Å². The highest BCUT2D eigenvalue weighted by atomic mass is 28.4. The maximum absolute atomic E-state index is 16.3. The van der Waals surface area contributed by atoms with Crippen molar-refractivity contribution in [1.82, 2.24) is 5.32 Å². The van der Waals surface area contributed by atoms with E-state index in [1.165, 1.54) is 6.92 Å². The van der Waals surface area contributed by atoms with Gasteiger partial charge in [-0.3, -0.25) is 9.59 Å². The van der Waals surface area contributed by atoms with E-state index >= 15 is 9.59 Å². The number of carbonyl (C=O) groups excluding carboxylic acids is 5. The molecule has 2 N–H and O–H groups in total. The Morgan fingerprint density at radius 3 is 1.77 bits per heavy atom. The first kappa shape index (κ1) is 65.4. The average Bonchev–Trinajstić information content (AvgIpc) is 3.58. The molecule has 15 nitrogen and oxygen atoms in total. The monoisotopic (exact) mass is 1150 g/mol. The van der Waals surface area contributed by atoms with Crippen LogP contribution in [0.25, 0.3) is 0 Å². The lowest BCUT2D eigenvalue weighted by Crippen LogP contribution is -2.73. The molecule has 1 aliphatic heterocycles. The maximum atomic E-state index is 16.3. The van der Waals surface area contributed by atoms with Gasteiger partial charge in [0.1, 0.15) is 29.5 Å². The first-order valence-electron chi connectivity index (χ1n) is 29.2.